The van der Waals surface area contributed by atoms with Crippen molar-refractivity contribution in [1.29, 1.82) is 0 Å². The number of guanidine groups is 1. The number of benzene rings is 1. The van der Waals surface area contributed by atoms with Crippen molar-refractivity contribution in [3.8, 4) is 11.6 Å². The Morgan fingerprint density at radius 3 is 2.61 bits per heavy atom. The Morgan fingerprint density at radius 1 is 1.26 bits per heavy atom. The zero-order valence-electron chi connectivity index (χ0n) is 13.3. The van der Waals surface area contributed by atoms with E-state index in [2.05, 4.69) is 29.1 Å². The second-order valence-electron chi connectivity index (χ2n) is 5.54. The second-order valence-corrected chi connectivity index (χ2v) is 5.54. The highest BCUT2D eigenvalue weighted by molar-refractivity contribution is 5.77. The first kappa shape index (κ1) is 16.7. The van der Waals surface area contributed by atoms with E-state index >= 15 is 0 Å². The van der Waals surface area contributed by atoms with E-state index in [1.165, 1.54) is 12.1 Å². The molecule has 0 saturated carbocycles. The van der Waals surface area contributed by atoms with Crippen molar-refractivity contribution in [3.05, 3.63) is 54.0 Å². The fourth-order valence-electron chi connectivity index (χ4n) is 1.73. The summed E-state index contributed by atoms with van der Waals surface area (Å²) in [5.74, 6) is 1.60. The lowest BCUT2D eigenvalue weighted by Crippen LogP contribution is -2.34. The van der Waals surface area contributed by atoms with Crippen molar-refractivity contribution in [2.75, 3.05) is 6.54 Å². The molecular weight excluding hydrogens is 295 g/mol. The van der Waals surface area contributed by atoms with Gasteiger partial charge in [0.05, 0.1) is 6.54 Å². The van der Waals surface area contributed by atoms with E-state index < -0.39 is 0 Å². The number of hydrogen-bond acceptors (Lipinski definition) is 3. The van der Waals surface area contributed by atoms with Gasteiger partial charge in [0.25, 0.3) is 0 Å². The molecule has 3 N–H and O–H groups in total. The van der Waals surface area contributed by atoms with Crippen LogP contribution in [-0.4, -0.2) is 17.5 Å². The first-order chi connectivity index (χ1) is 11.0. The number of ether oxygens (including phenoxy) is 1. The average Bonchev–Trinajstić information content (AvgIpc) is 2.54. The van der Waals surface area contributed by atoms with Gasteiger partial charge in [-0.15, -0.1) is 0 Å². The van der Waals surface area contributed by atoms with Crippen molar-refractivity contribution in [2.45, 2.75) is 20.4 Å². The Labute approximate surface area is 135 Å². The van der Waals surface area contributed by atoms with Crippen LogP contribution in [0.15, 0.2) is 47.6 Å². The predicted molar refractivity (Wildman–Crippen MR) is 88.9 cm³/mol. The Hall–Kier alpha value is -2.63. The van der Waals surface area contributed by atoms with Gasteiger partial charge in [0.1, 0.15) is 11.6 Å². The topological polar surface area (TPSA) is 72.5 Å². The minimum Gasteiger partial charge on any atom is -0.439 e. The van der Waals surface area contributed by atoms with Gasteiger partial charge in [-0.25, -0.2) is 14.4 Å². The van der Waals surface area contributed by atoms with Gasteiger partial charge >= 0.3 is 0 Å². The van der Waals surface area contributed by atoms with Crippen LogP contribution in [0.4, 0.5) is 4.39 Å². The van der Waals surface area contributed by atoms with E-state index in [-0.39, 0.29) is 5.82 Å². The number of nitrogens with two attached hydrogens (primary N) is 1. The van der Waals surface area contributed by atoms with Crippen molar-refractivity contribution < 1.29 is 9.13 Å². The van der Waals surface area contributed by atoms with E-state index in [0.29, 0.717) is 30.1 Å². The van der Waals surface area contributed by atoms with Crippen LogP contribution in [0.3, 0.4) is 0 Å². The molecule has 2 aromatic rings. The number of hydrogen-bond donors (Lipinski definition) is 2. The molecule has 2 rings (SSSR count). The molecule has 0 aliphatic carbocycles. The summed E-state index contributed by atoms with van der Waals surface area (Å²) in [5.41, 5.74) is 6.70. The van der Waals surface area contributed by atoms with E-state index in [4.69, 9.17) is 10.5 Å². The molecule has 0 saturated heterocycles. The molecule has 0 spiro atoms. The molecule has 0 fully saturated rings. The lowest BCUT2D eigenvalue weighted by molar-refractivity contribution is 0.461. The highest BCUT2D eigenvalue weighted by Crippen LogP contribution is 2.19. The van der Waals surface area contributed by atoms with Crippen LogP contribution in [0.25, 0.3) is 0 Å². The zero-order valence-corrected chi connectivity index (χ0v) is 13.3. The first-order valence-corrected chi connectivity index (χ1v) is 7.45. The molecule has 122 valence electrons. The van der Waals surface area contributed by atoms with Gasteiger partial charge in [-0.2, -0.15) is 0 Å². The van der Waals surface area contributed by atoms with Crippen LogP contribution in [0.1, 0.15) is 19.4 Å². The van der Waals surface area contributed by atoms with Crippen LogP contribution >= 0.6 is 0 Å². The standard InChI is InChI=1S/C17H21FN4O/c1-12(2)9-21-17(19)22-11-13-3-8-16(20-10-13)23-15-6-4-14(18)5-7-15/h3-8,10,12H,9,11H2,1-2H3,(H3,19,21,22). The van der Waals surface area contributed by atoms with E-state index in [1.807, 2.05) is 6.07 Å². The van der Waals surface area contributed by atoms with E-state index in [0.717, 1.165) is 12.1 Å². The number of rotatable bonds is 6. The van der Waals surface area contributed by atoms with Crippen LogP contribution in [-0.2, 0) is 6.54 Å². The molecule has 1 aromatic carbocycles. The smallest absolute Gasteiger partial charge is 0.219 e. The average molecular weight is 316 g/mol. The molecule has 0 amide bonds. The second kappa shape index (κ2) is 8.12. The van der Waals surface area contributed by atoms with Gasteiger partial charge < -0.3 is 15.8 Å². The number of aliphatic imine (C=N–C) groups is 1. The maximum Gasteiger partial charge on any atom is 0.219 e. The highest BCUT2D eigenvalue weighted by Gasteiger charge is 2.01. The molecule has 6 heteroatoms. The third kappa shape index (κ3) is 5.94. The Bertz CT molecular complexity index is 639. The Kier molecular flexibility index (Phi) is 5.91. The van der Waals surface area contributed by atoms with Gasteiger partial charge in [0, 0.05) is 18.8 Å². The Balaban J connectivity index is 1.89. The molecule has 0 radical (unpaired) electrons. The lowest BCUT2D eigenvalue weighted by atomic mass is 10.2. The maximum absolute atomic E-state index is 12.8. The summed E-state index contributed by atoms with van der Waals surface area (Å²) in [7, 11) is 0. The maximum atomic E-state index is 12.8. The van der Waals surface area contributed by atoms with Gasteiger partial charge in [0.2, 0.25) is 5.88 Å². The summed E-state index contributed by atoms with van der Waals surface area (Å²) in [5, 5.41) is 3.05. The summed E-state index contributed by atoms with van der Waals surface area (Å²) >= 11 is 0. The van der Waals surface area contributed by atoms with Crippen LogP contribution in [0.2, 0.25) is 0 Å². The lowest BCUT2D eigenvalue weighted by Gasteiger charge is -2.08. The SMILES string of the molecule is CC(C)CNC(N)=NCc1ccc(Oc2ccc(F)cc2)nc1. The minimum atomic E-state index is -0.304. The highest BCUT2D eigenvalue weighted by atomic mass is 19.1. The molecule has 0 unspecified atom stereocenters. The molecule has 5 nitrogen and oxygen atoms in total. The number of nitrogens with one attached hydrogen (secondary N) is 1. The summed E-state index contributed by atoms with van der Waals surface area (Å²) in [6.45, 7) is 5.44. The number of pyridine rings is 1. The molecule has 1 heterocycles. The van der Waals surface area contributed by atoms with Gasteiger partial charge in [-0.1, -0.05) is 19.9 Å². The van der Waals surface area contributed by atoms with Crippen LogP contribution in [0.5, 0.6) is 11.6 Å². The number of nitrogens with zero attached hydrogens (tertiary/aromatic N) is 2. The monoisotopic (exact) mass is 316 g/mol. The molecule has 1 aromatic heterocycles. The van der Waals surface area contributed by atoms with Crippen molar-refractivity contribution >= 4 is 5.96 Å². The first-order valence-electron chi connectivity index (χ1n) is 7.45. The van der Waals surface area contributed by atoms with Crippen molar-refractivity contribution in [1.82, 2.24) is 10.3 Å². The summed E-state index contributed by atoms with van der Waals surface area (Å²) < 4.78 is 18.4. The van der Waals surface area contributed by atoms with Crippen molar-refractivity contribution in [2.24, 2.45) is 16.6 Å². The normalized spacial score (nSPS) is 11.6. The number of halogens is 1. The van der Waals surface area contributed by atoms with Gasteiger partial charge in [0.15, 0.2) is 5.96 Å². The summed E-state index contributed by atoms with van der Waals surface area (Å²) in [6.07, 6.45) is 1.68. The molecule has 0 aliphatic rings. The van der Waals surface area contributed by atoms with Gasteiger partial charge in [-0.05, 0) is 35.7 Å². The molecular formula is C17H21FN4O. The summed E-state index contributed by atoms with van der Waals surface area (Å²) in [6, 6.07) is 9.39. The van der Waals surface area contributed by atoms with Crippen molar-refractivity contribution in [3.63, 3.8) is 0 Å². The fraction of sp³-hybridized carbons (Fsp3) is 0.294. The van der Waals surface area contributed by atoms with Gasteiger partial charge in [-0.3, -0.25) is 0 Å². The number of aromatic nitrogens is 1. The fourth-order valence-corrected chi connectivity index (χ4v) is 1.73. The molecule has 0 aliphatic heterocycles. The molecule has 0 atom stereocenters. The third-order valence-electron chi connectivity index (χ3n) is 2.96. The van der Waals surface area contributed by atoms with E-state index in [1.54, 1.807) is 24.4 Å². The zero-order chi connectivity index (χ0) is 16.7. The largest absolute Gasteiger partial charge is 0.439 e. The summed E-state index contributed by atoms with van der Waals surface area (Å²) in [4.78, 5) is 8.45. The predicted octanol–water partition coefficient (Wildman–Crippen LogP) is 3.07. The molecule has 0 bridgehead atoms. The minimum absolute atomic E-state index is 0.304. The third-order valence-corrected chi connectivity index (χ3v) is 2.96. The van der Waals surface area contributed by atoms with E-state index in [9.17, 15) is 4.39 Å². The quantitative estimate of drug-likeness (QED) is 0.634. The Morgan fingerprint density at radius 2 is 2.00 bits per heavy atom. The molecule has 23 heavy (non-hydrogen) atoms. The van der Waals surface area contributed by atoms with Crippen LogP contribution in [0, 0.1) is 11.7 Å². The van der Waals surface area contributed by atoms with Crippen LogP contribution < -0.4 is 15.8 Å².